The van der Waals surface area contributed by atoms with Crippen molar-refractivity contribution in [3.05, 3.63) is 59.7 Å². The van der Waals surface area contributed by atoms with E-state index in [9.17, 15) is 14.7 Å². The number of hydrogen-bond donors (Lipinski definition) is 2. The zero-order chi connectivity index (χ0) is 21.7. The molecule has 1 heterocycles. The van der Waals surface area contributed by atoms with Crippen molar-refractivity contribution in [1.29, 1.82) is 0 Å². The van der Waals surface area contributed by atoms with E-state index in [4.69, 9.17) is 0 Å². The second-order valence-electron chi connectivity index (χ2n) is 8.23. The molecule has 0 aliphatic heterocycles. The normalized spacial score (nSPS) is 24.0. The van der Waals surface area contributed by atoms with Gasteiger partial charge in [0.15, 0.2) is 0 Å². The average Bonchev–Trinajstić information content (AvgIpc) is 2.92. The second kappa shape index (κ2) is 9.34. The van der Waals surface area contributed by atoms with E-state index in [0.717, 1.165) is 24.1 Å². The smallest absolute Gasteiger partial charge is 0.274 e. The molecular formula is C23H30N4O3. The summed E-state index contributed by atoms with van der Waals surface area (Å²) in [7, 11) is 1.71. The lowest BCUT2D eigenvalue weighted by Gasteiger charge is -2.34. The molecule has 1 fully saturated rings. The standard InChI is InChI=1S/C23H30N4O3/c1-16-13-25-19(14-24-16)22(30)27(3)20-9-11-23(12-10-21(20)29,15-26-17(2)28)18-7-5-4-6-8-18/h4-8,13-14,20-21,29H,9-12,15H2,1-3H3,(H,26,28)/t20-,21-,23+/m0/s1. The summed E-state index contributed by atoms with van der Waals surface area (Å²) >= 11 is 0. The number of aryl methyl sites for hydroxylation is 1. The quantitative estimate of drug-likeness (QED) is 0.737. The van der Waals surface area contributed by atoms with E-state index in [1.54, 1.807) is 18.1 Å². The van der Waals surface area contributed by atoms with Gasteiger partial charge < -0.3 is 15.3 Å². The third-order valence-electron chi connectivity index (χ3n) is 6.16. The first-order chi connectivity index (χ1) is 14.3. The number of aliphatic hydroxyl groups is 1. The first-order valence-electron chi connectivity index (χ1n) is 10.4. The summed E-state index contributed by atoms with van der Waals surface area (Å²) in [5.74, 6) is -0.322. The van der Waals surface area contributed by atoms with Crippen LogP contribution in [0.2, 0.25) is 0 Å². The molecule has 30 heavy (non-hydrogen) atoms. The monoisotopic (exact) mass is 410 g/mol. The molecule has 2 aromatic rings. The first kappa shape index (κ1) is 21.9. The van der Waals surface area contributed by atoms with Crippen LogP contribution in [0.3, 0.4) is 0 Å². The molecule has 3 atom stereocenters. The van der Waals surface area contributed by atoms with Crippen LogP contribution in [-0.4, -0.2) is 57.5 Å². The van der Waals surface area contributed by atoms with Gasteiger partial charge in [0.25, 0.3) is 5.91 Å². The van der Waals surface area contributed by atoms with Gasteiger partial charge in [0.05, 0.1) is 24.0 Å². The Morgan fingerprint density at radius 1 is 1.17 bits per heavy atom. The van der Waals surface area contributed by atoms with Crippen LogP contribution < -0.4 is 5.32 Å². The number of rotatable bonds is 5. The predicted molar refractivity (Wildman–Crippen MR) is 114 cm³/mol. The van der Waals surface area contributed by atoms with Gasteiger partial charge in [-0.1, -0.05) is 30.3 Å². The summed E-state index contributed by atoms with van der Waals surface area (Å²) in [6.45, 7) is 3.84. The zero-order valence-corrected chi connectivity index (χ0v) is 17.8. The number of likely N-dealkylation sites (N-methyl/N-ethyl adjacent to an activating group) is 1. The van der Waals surface area contributed by atoms with E-state index in [1.807, 2.05) is 25.1 Å². The molecule has 7 nitrogen and oxygen atoms in total. The fourth-order valence-electron chi connectivity index (χ4n) is 4.30. The molecule has 1 aromatic heterocycles. The Morgan fingerprint density at radius 2 is 1.87 bits per heavy atom. The number of nitrogens with zero attached hydrogens (tertiary/aromatic N) is 3. The van der Waals surface area contributed by atoms with E-state index in [-0.39, 0.29) is 29.0 Å². The first-order valence-corrected chi connectivity index (χ1v) is 10.4. The molecule has 7 heteroatoms. The molecule has 0 saturated heterocycles. The van der Waals surface area contributed by atoms with Gasteiger partial charge in [-0.2, -0.15) is 0 Å². The lowest BCUT2D eigenvalue weighted by molar-refractivity contribution is -0.119. The summed E-state index contributed by atoms with van der Waals surface area (Å²) < 4.78 is 0. The van der Waals surface area contributed by atoms with Crippen molar-refractivity contribution < 1.29 is 14.7 Å². The summed E-state index contributed by atoms with van der Waals surface area (Å²) in [6.07, 6.45) is 5.02. The minimum absolute atomic E-state index is 0.0723. The summed E-state index contributed by atoms with van der Waals surface area (Å²) in [4.78, 5) is 34.5. The van der Waals surface area contributed by atoms with Crippen LogP contribution in [0, 0.1) is 6.92 Å². The zero-order valence-electron chi connectivity index (χ0n) is 17.8. The van der Waals surface area contributed by atoms with Gasteiger partial charge in [-0.05, 0) is 38.2 Å². The van der Waals surface area contributed by atoms with Crippen molar-refractivity contribution in [3.63, 3.8) is 0 Å². The molecule has 0 bridgehead atoms. The number of carbonyl (C=O) groups is 2. The molecule has 3 rings (SSSR count). The number of aliphatic hydroxyl groups excluding tert-OH is 1. The summed E-state index contributed by atoms with van der Waals surface area (Å²) in [5, 5.41) is 13.9. The van der Waals surface area contributed by atoms with E-state index < -0.39 is 6.10 Å². The van der Waals surface area contributed by atoms with E-state index in [1.165, 1.54) is 13.1 Å². The van der Waals surface area contributed by atoms with Crippen molar-refractivity contribution >= 4 is 11.8 Å². The summed E-state index contributed by atoms with van der Waals surface area (Å²) in [6, 6.07) is 9.78. The van der Waals surface area contributed by atoms with Crippen molar-refractivity contribution in [1.82, 2.24) is 20.2 Å². The molecule has 1 saturated carbocycles. The van der Waals surface area contributed by atoms with Crippen LogP contribution in [0.15, 0.2) is 42.7 Å². The fourth-order valence-corrected chi connectivity index (χ4v) is 4.30. The molecular weight excluding hydrogens is 380 g/mol. The van der Waals surface area contributed by atoms with Crippen LogP contribution in [0.1, 0.15) is 54.4 Å². The maximum absolute atomic E-state index is 12.9. The van der Waals surface area contributed by atoms with Crippen LogP contribution in [-0.2, 0) is 10.2 Å². The number of amides is 2. The minimum atomic E-state index is -0.653. The second-order valence-corrected chi connectivity index (χ2v) is 8.23. The average molecular weight is 411 g/mol. The van der Waals surface area contributed by atoms with Gasteiger partial charge in [0.1, 0.15) is 5.69 Å². The van der Waals surface area contributed by atoms with Gasteiger partial charge in [0.2, 0.25) is 5.91 Å². The van der Waals surface area contributed by atoms with E-state index >= 15 is 0 Å². The lowest BCUT2D eigenvalue weighted by atomic mass is 9.74. The molecule has 0 radical (unpaired) electrons. The maximum atomic E-state index is 12.9. The number of benzene rings is 1. The predicted octanol–water partition coefficient (Wildman–Crippen LogP) is 2.23. The molecule has 2 N–H and O–H groups in total. The largest absolute Gasteiger partial charge is 0.391 e. The van der Waals surface area contributed by atoms with Crippen molar-refractivity contribution in [2.24, 2.45) is 0 Å². The van der Waals surface area contributed by atoms with Crippen molar-refractivity contribution in [2.45, 2.75) is 57.1 Å². The van der Waals surface area contributed by atoms with Crippen molar-refractivity contribution in [3.8, 4) is 0 Å². The van der Waals surface area contributed by atoms with Crippen LogP contribution in [0.4, 0.5) is 0 Å². The minimum Gasteiger partial charge on any atom is -0.391 e. The Labute approximate surface area is 177 Å². The third kappa shape index (κ3) is 4.84. The van der Waals surface area contributed by atoms with E-state index in [0.29, 0.717) is 19.4 Å². The van der Waals surface area contributed by atoms with Gasteiger partial charge in [0, 0.05) is 32.1 Å². The highest BCUT2D eigenvalue weighted by atomic mass is 16.3. The van der Waals surface area contributed by atoms with Crippen LogP contribution >= 0.6 is 0 Å². The van der Waals surface area contributed by atoms with Gasteiger partial charge >= 0.3 is 0 Å². The van der Waals surface area contributed by atoms with Gasteiger partial charge in [-0.25, -0.2) is 4.98 Å². The Hall–Kier alpha value is -2.80. The Balaban J connectivity index is 1.82. The Kier molecular flexibility index (Phi) is 6.82. The highest BCUT2D eigenvalue weighted by Gasteiger charge is 2.40. The highest BCUT2D eigenvalue weighted by Crippen LogP contribution is 2.39. The molecule has 1 aromatic carbocycles. The van der Waals surface area contributed by atoms with Crippen LogP contribution in [0.5, 0.6) is 0 Å². The SMILES string of the molecule is CC(=O)NC[C@]1(c2ccccc2)CC[C@H](O)[C@@H](N(C)C(=O)c2cnc(C)cn2)CC1. The van der Waals surface area contributed by atoms with Gasteiger partial charge in [-0.3, -0.25) is 14.6 Å². The molecule has 2 amide bonds. The Morgan fingerprint density at radius 3 is 2.50 bits per heavy atom. The fraction of sp³-hybridized carbons (Fsp3) is 0.478. The molecule has 0 spiro atoms. The third-order valence-corrected chi connectivity index (χ3v) is 6.16. The van der Waals surface area contributed by atoms with Crippen molar-refractivity contribution in [2.75, 3.05) is 13.6 Å². The highest BCUT2D eigenvalue weighted by molar-refractivity contribution is 5.92. The Bertz CT molecular complexity index is 872. The molecule has 1 aliphatic rings. The number of aromatic nitrogens is 2. The van der Waals surface area contributed by atoms with E-state index in [2.05, 4.69) is 27.4 Å². The number of nitrogens with one attached hydrogen (secondary N) is 1. The molecule has 160 valence electrons. The topological polar surface area (TPSA) is 95.4 Å². The number of hydrogen-bond acceptors (Lipinski definition) is 5. The number of carbonyl (C=O) groups excluding carboxylic acids is 2. The summed E-state index contributed by atoms with van der Waals surface area (Å²) in [5.41, 5.74) is 1.88. The maximum Gasteiger partial charge on any atom is 0.274 e. The van der Waals surface area contributed by atoms with Crippen LogP contribution in [0.25, 0.3) is 0 Å². The van der Waals surface area contributed by atoms with Gasteiger partial charge in [-0.15, -0.1) is 0 Å². The molecule has 1 aliphatic carbocycles. The molecule has 0 unspecified atom stereocenters. The lowest BCUT2D eigenvalue weighted by Crippen LogP contribution is -2.44.